The molecule has 10 nitrogen and oxygen atoms in total. The van der Waals surface area contributed by atoms with Crippen LogP contribution in [0.3, 0.4) is 0 Å². The minimum Gasteiger partial charge on any atom is -0.491 e. The predicted octanol–water partition coefficient (Wildman–Crippen LogP) is 3.16. The summed E-state index contributed by atoms with van der Waals surface area (Å²) >= 11 is 6.59. The lowest BCUT2D eigenvalue weighted by Crippen LogP contribution is -2.34. The topological polar surface area (TPSA) is 124 Å². The number of aryl methyl sites for hydroxylation is 2. The number of aromatic nitrogens is 3. The first-order valence-electron chi connectivity index (χ1n) is 11.9. The number of anilines is 1. The van der Waals surface area contributed by atoms with Gasteiger partial charge in [-0.25, -0.2) is 9.97 Å². The summed E-state index contributed by atoms with van der Waals surface area (Å²) in [6, 6.07) is 5.26. The van der Waals surface area contributed by atoms with Crippen LogP contribution < -0.4 is 15.4 Å². The van der Waals surface area contributed by atoms with Gasteiger partial charge in [-0.05, 0) is 46.0 Å². The quantitative estimate of drug-likeness (QED) is 0.369. The maximum Gasteiger partial charge on any atom is 0.163 e. The Labute approximate surface area is 215 Å². The van der Waals surface area contributed by atoms with Crippen LogP contribution in [0.25, 0.3) is 22.6 Å². The number of aliphatic hydroxyl groups excluding tert-OH is 1. The minimum absolute atomic E-state index is 0.0802. The molecular formula is C25H32ClN5O5. The van der Waals surface area contributed by atoms with Gasteiger partial charge < -0.3 is 34.5 Å². The van der Waals surface area contributed by atoms with E-state index >= 15 is 0 Å². The first-order chi connectivity index (χ1) is 17.4. The number of nitrogens with zero attached hydrogens (tertiary/aromatic N) is 3. The van der Waals surface area contributed by atoms with Crippen molar-refractivity contribution in [3.05, 3.63) is 40.2 Å². The molecule has 0 amide bonds. The van der Waals surface area contributed by atoms with Gasteiger partial charge in [-0.15, -0.1) is 0 Å². The van der Waals surface area contributed by atoms with Crippen molar-refractivity contribution in [2.75, 3.05) is 51.9 Å². The molecule has 3 aromatic rings. The minimum atomic E-state index is -0.641. The Bertz CT molecular complexity index is 1160. The highest BCUT2D eigenvalue weighted by Gasteiger charge is 2.22. The Morgan fingerprint density at radius 1 is 1.22 bits per heavy atom. The number of ether oxygens (including phenoxy) is 3. The molecule has 2 atom stereocenters. The van der Waals surface area contributed by atoms with Crippen molar-refractivity contribution in [3.8, 4) is 28.4 Å². The highest BCUT2D eigenvalue weighted by molar-refractivity contribution is 6.33. The van der Waals surface area contributed by atoms with Gasteiger partial charge >= 0.3 is 0 Å². The lowest BCUT2D eigenvalue weighted by molar-refractivity contribution is -0.0819. The molecule has 0 saturated carbocycles. The van der Waals surface area contributed by atoms with Gasteiger partial charge in [-0.2, -0.15) is 0 Å². The maximum absolute atomic E-state index is 10.00. The normalized spacial score (nSPS) is 16.7. The standard InChI is InChI=1S/C25H32ClN5O5/c1-14-23(22-15(2)31-36-16(22)3)29-25(30-24(14)28-11-19-13-33-7-8-34-19)20-9-18(5-6-21(20)26)35-12-17(32)10-27-4/h5-6,9,17,19,27,32H,7-8,10-13H2,1-4H3,(H,28,29,30). The average molecular weight is 518 g/mol. The molecule has 1 saturated heterocycles. The van der Waals surface area contributed by atoms with E-state index in [1.165, 1.54) is 0 Å². The van der Waals surface area contributed by atoms with Crippen molar-refractivity contribution in [2.24, 2.45) is 0 Å². The number of hydrogen-bond acceptors (Lipinski definition) is 10. The highest BCUT2D eigenvalue weighted by Crippen LogP contribution is 2.36. The highest BCUT2D eigenvalue weighted by atomic mass is 35.5. The lowest BCUT2D eigenvalue weighted by Gasteiger charge is -2.24. The number of halogens is 1. The summed E-state index contributed by atoms with van der Waals surface area (Å²) in [5.41, 5.74) is 3.70. The fourth-order valence-electron chi connectivity index (χ4n) is 3.99. The second-order valence-electron chi connectivity index (χ2n) is 8.68. The number of likely N-dealkylation sites (N-methyl/N-ethyl adjacent to an activating group) is 1. The number of nitrogens with one attached hydrogen (secondary N) is 2. The van der Waals surface area contributed by atoms with E-state index in [-0.39, 0.29) is 12.7 Å². The molecule has 1 fully saturated rings. The summed E-state index contributed by atoms with van der Waals surface area (Å²) in [5.74, 6) is 2.29. The van der Waals surface area contributed by atoms with Crippen LogP contribution in [-0.2, 0) is 9.47 Å². The molecule has 11 heteroatoms. The Hall–Kier alpha value is -2.76. The maximum atomic E-state index is 10.00. The Morgan fingerprint density at radius 3 is 2.75 bits per heavy atom. The van der Waals surface area contributed by atoms with Gasteiger partial charge in [0.2, 0.25) is 0 Å². The van der Waals surface area contributed by atoms with Crippen molar-refractivity contribution in [1.29, 1.82) is 0 Å². The molecule has 36 heavy (non-hydrogen) atoms. The van der Waals surface area contributed by atoms with Crippen molar-refractivity contribution in [1.82, 2.24) is 20.4 Å². The molecule has 4 rings (SSSR count). The van der Waals surface area contributed by atoms with E-state index in [0.29, 0.717) is 72.3 Å². The van der Waals surface area contributed by atoms with Crippen LogP contribution in [0, 0.1) is 20.8 Å². The van der Waals surface area contributed by atoms with Crippen LogP contribution in [0.4, 0.5) is 5.82 Å². The molecule has 0 bridgehead atoms. The zero-order chi connectivity index (χ0) is 25.7. The van der Waals surface area contributed by atoms with Crippen LogP contribution in [0.2, 0.25) is 5.02 Å². The van der Waals surface area contributed by atoms with Gasteiger partial charge in [0.1, 0.15) is 30.0 Å². The third kappa shape index (κ3) is 6.13. The van der Waals surface area contributed by atoms with Gasteiger partial charge in [0.25, 0.3) is 0 Å². The number of aliphatic hydroxyl groups is 1. The van der Waals surface area contributed by atoms with E-state index in [1.54, 1.807) is 25.2 Å². The second kappa shape index (κ2) is 12.0. The summed E-state index contributed by atoms with van der Waals surface area (Å²) < 4.78 is 22.5. The molecule has 2 aromatic heterocycles. The number of rotatable bonds is 10. The fourth-order valence-corrected chi connectivity index (χ4v) is 4.19. The monoisotopic (exact) mass is 517 g/mol. The summed E-state index contributed by atoms with van der Waals surface area (Å²) in [7, 11) is 1.77. The van der Waals surface area contributed by atoms with Crippen LogP contribution in [0.1, 0.15) is 17.0 Å². The molecular weight excluding hydrogens is 486 g/mol. The Morgan fingerprint density at radius 2 is 2.06 bits per heavy atom. The van der Waals surface area contributed by atoms with Gasteiger partial charge in [0, 0.05) is 24.2 Å². The predicted molar refractivity (Wildman–Crippen MR) is 137 cm³/mol. The zero-order valence-corrected chi connectivity index (χ0v) is 21.7. The van der Waals surface area contributed by atoms with Crippen LogP contribution in [0.15, 0.2) is 22.7 Å². The Kier molecular flexibility index (Phi) is 8.76. The molecule has 3 N–H and O–H groups in total. The van der Waals surface area contributed by atoms with E-state index in [4.69, 9.17) is 40.3 Å². The van der Waals surface area contributed by atoms with E-state index < -0.39 is 6.10 Å². The van der Waals surface area contributed by atoms with Crippen molar-refractivity contribution in [2.45, 2.75) is 33.0 Å². The smallest absolute Gasteiger partial charge is 0.163 e. The number of benzene rings is 1. The largest absolute Gasteiger partial charge is 0.491 e. The number of hydrogen-bond donors (Lipinski definition) is 3. The molecule has 2 unspecified atom stereocenters. The van der Waals surface area contributed by atoms with Crippen LogP contribution >= 0.6 is 11.6 Å². The van der Waals surface area contributed by atoms with E-state index in [9.17, 15) is 5.11 Å². The average Bonchev–Trinajstić information content (AvgIpc) is 3.21. The first kappa shape index (κ1) is 26.3. The van der Waals surface area contributed by atoms with Crippen molar-refractivity contribution in [3.63, 3.8) is 0 Å². The SMILES string of the molecule is CNCC(O)COc1ccc(Cl)c(-c2nc(NCC3COCCO3)c(C)c(-c3c(C)noc3C)n2)c1. The van der Waals surface area contributed by atoms with Gasteiger partial charge in [0.05, 0.1) is 47.9 Å². The van der Waals surface area contributed by atoms with Crippen LogP contribution in [-0.4, -0.2) is 79.0 Å². The van der Waals surface area contributed by atoms with Gasteiger partial charge in [-0.3, -0.25) is 0 Å². The molecule has 1 aliphatic rings. The summed E-state index contributed by atoms with van der Waals surface area (Å²) in [6.07, 6.45) is -0.721. The lowest BCUT2D eigenvalue weighted by atomic mass is 10.0. The van der Waals surface area contributed by atoms with Crippen LogP contribution in [0.5, 0.6) is 5.75 Å². The summed E-state index contributed by atoms with van der Waals surface area (Å²) in [4.78, 5) is 9.70. The molecule has 1 aromatic carbocycles. The molecule has 1 aliphatic heterocycles. The second-order valence-corrected chi connectivity index (χ2v) is 9.09. The molecule has 0 spiro atoms. The van der Waals surface area contributed by atoms with E-state index in [1.807, 2.05) is 20.8 Å². The third-order valence-electron chi connectivity index (χ3n) is 5.86. The molecule has 3 heterocycles. The molecule has 194 valence electrons. The third-order valence-corrected chi connectivity index (χ3v) is 6.19. The van der Waals surface area contributed by atoms with E-state index in [0.717, 1.165) is 16.8 Å². The molecule has 0 radical (unpaired) electrons. The van der Waals surface area contributed by atoms with Crippen molar-refractivity contribution < 1.29 is 23.8 Å². The van der Waals surface area contributed by atoms with E-state index in [2.05, 4.69) is 15.8 Å². The summed E-state index contributed by atoms with van der Waals surface area (Å²) in [5, 5.41) is 20.9. The fraction of sp³-hybridized carbons (Fsp3) is 0.480. The Balaban J connectivity index is 1.71. The molecule has 0 aliphatic carbocycles. The van der Waals surface area contributed by atoms with Gasteiger partial charge in [0.15, 0.2) is 5.82 Å². The van der Waals surface area contributed by atoms with Crippen molar-refractivity contribution >= 4 is 17.4 Å². The summed E-state index contributed by atoms with van der Waals surface area (Å²) in [6.45, 7) is 8.46. The zero-order valence-electron chi connectivity index (χ0n) is 20.9. The first-order valence-corrected chi connectivity index (χ1v) is 12.3. The van der Waals surface area contributed by atoms with Gasteiger partial charge in [-0.1, -0.05) is 16.8 Å².